The van der Waals surface area contributed by atoms with E-state index in [1.807, 2.05) is 24.7 Å². The van der Waals surface area contributed by atoms with E-state index in [4.69, 9.17) is 5.41 Å². The molecule has 6 rings (SSSR count). The van der Waals surface area contributed by atoms with Crippen molar-refractivity contribution in [2.24, 2.45) is 0 Å². The highest BCUT2D eigenvalue weighted by atomic mass is 15.2. The Kier molecular flexibility index (Phi) is 7.39. The first kappa shape index (κ1) is 24.7. The van der Waals surface area contributed by atoms with Crippen molar-refractivity contribution in [3.63, 3.8) is 0 Å². The fourth-order valence-corrected chi connectivity index (χ4v) is 5.47. The Morgan fingerprint density at radius 2 is 1.55 bits per heavy atom. The van der Waals surface area contributed by atoms with Gasteiger partial charge in [-0.2, -0.15) is 5.10 Å². The Labute approximate surface area is 223 Å². The first-order chi connectivity index (χ1) is 18.7. The van der Waals surface area contributed by atoms with E-state index in [2.05, 4.69) is 64.9 Å². The first-order valence-corrected chi connectivity index (χ1v) is 13.6. The van der Waals surface area contributed by atoms with Gasteiger partial charge in [0.15, 0.2) is 5.84 Å². The summed E-state index contributed by atoms with van der Waals surface area (Å²) >= 11 is 0. The molecule has 2 fully saturated rings. The molecule has 2 aliphatic rings. The Hall–Kier alpha value is -3.66. The summed E-state index contributed by atoms with van der Waals surface area (Å²) in [6.45, 7) is 8.23. The number of nitrogens with zero attached hydrogens (tertiary/aromatic N) is 5. The largest absolute Gasteiger partial charge is 0.338 e. The summed E-state index contributed by atoms with van der Waals surface area (Å²) in [4.78, 5) is 13.9. The van der Waals surface area contributed by atoms with Crippen LogP contribution in [0, 0.1) is 5.41 Å². The van der Waals surface area contributed by atoms with Crippen LogP contribution in [-0.2, 0) is 13.1 Å². The van der Waals surface area contributed by atoms with Crippen LogP contribution in [0.4, 0.5) is 5.69 Å². The predicted molar refractivity (Wildman–Crippen MR) is 151 cm³/mol. The number of amidine groups is 1. The SMILES string of the molecule is N=C(Nc1cncc(CN2CCNCC2)c1)c1n[nH]c2ccc(-c3cncc(CN4CCCCC4)c3)cc12. The lowest BCUT2D eigenvalue weighted by Gasteiger charge is -2.27. The van der Waals surface area contributed by atoms with E-state index in [0.29, 0.717) is 5.69 Å². The number of piperidine rings is 1. The smallest absolute Gasteiger partial charge is 0.151 e. The summed E-state index contributed by atoms with van der Waals surface area (Å²) in [5.74, 6) is 0.242. The minimum absolute atomic E-state index is 0.242. The van der Waals surface area contributed by atoms with Crippen LogP contribution in [0.3, 0.4) is 0 Å². The molecule has 4 N–H and O–H groups in total. The van der Waals surface area contributed by atoms with Gasteiger partial charge in [0, 0.05) is 68.8 Å². The fourth-order valence-electron chi connectivity index (χ4n) is 5.47. The second-order valence-corrected chi connectivity index (χ2v) is 10.4. The lowest BCUT2D eigenvalue weighted by molar-refractivity contribution is 0.220. The molecule has 0 atom stereocenters. The predicted octanol–water partition coefficient (Wildman–Crippen LogP) is 3.85. The second kappa shape index (κ2) is 11.4. The quantitative estimate of drug-likeness (QED) is 0.221. The zero-order chi connectivity index (χ0) is 25.7. The van der Waals surface area contributed by atoms with E-state index in [1.165, 1.54) is 24.8 Å². The van der Waals surface area contributed by atoms with Gasteiger partial charge in [0.25, 0.3) is 0 Å². The first-order valence-electron chi connectivity index (χ1n) is 13.6. The summed E-state index contributed by atoms with van der Waals surface area (Å²) in [6, 6.07) is 10.5. The molecule has 0 saturated carbocycles. The third-order valence-corrected chi connectivity index (χ3v) is 7.46. The summed E-state index contributed by atoms with van der Waals surface area (Å²) in [6.07, 6.45) is 11.5. The number of hydrogen-bond acceptors (Lipinski definition) is 7. The Balaban J connectivity index is 1.19. The molecule has 196 valence electrons. The number of anilines is 1. The number of benzene rings is 1. The van der Waals surface area contributed by atoms with Crippen molar-refractivity contribution in [2.75, 3.05) is 44.6 Å². The van der Waals surface area contributed by atoms with Gasteiger partial charge in [-0.15, -0.1) is 0 Å². The number of H-pyrrole nitrogens is 1. The van der Waals surface area contributed by atoms with Crippen LogP contribution in [0.25, 0.3) is 22.0 Å². The molecule has 0 radical (unpaired) electrons. The minimum atomic E-state index is 0.242. The van der Waals surface area contributed by atoms with Crippen molar-refractivity contribution < 1.29 is 0 Å². The Bertz CT molecular complexity index is 1400. The van der Waals surface area contributed by atoms with E-state index in [9.17, 15) is 0 Å². The van der Waals surface area contributed by atoms with E-state index < -0.39 is 0 Å². The molecule has 2 saturated heterocycles. The number of pyridine rings is 2. The standard InChI is InChI=1S/C29H35N9/c30-29(34-25-13-22(16-33-18-25)20-38-10-6-31-7-11-38)28-26-14-23(4-5-27(26)35-36-28)24-12-21(15-32-17-24)19-37-8-2-1-3-9-37/h4-5,12-18,31H,1-3,6-11,19-20H2,(H2,30,34)(H,35,36). The molecule has 0 aliphatic carbocycles. The maximum absolute atomic E-state index is 8.78. The van der Waals surface area contributed by atoms with Crippen LogP contribution in [0.5, 0.6) is 0 Å². The molecule has 38 heavy (non-hydrogen) atoms. The molecule has 9 nitrogen and oxygen atoms in total. The highest BCUT2D eigenvalue weighted by molar-refractivity contribution is 6.13. The molecule has 9 heteroatoms. The molecule has 3 aromatic heterocycles. The third kappa shape index (κ3) is 5.75. The van der Waals surface area contributed by atoms with Crippen LogP contribution >= 0.6 is 0 Å². The molecule has 0 spiro atoms. The minimum Gasteiger partial charge on any atom is -0.338 e. The number of fused-ring (bicyclic) bond motifs is 1. The van der Waals surface area contributed by atoms with E-state index in [0.717, 1.165) is 85.6 Å². The van der Waals surface area contributed by atoms with Crippen LogP contribution in [0.15, 0.2) is 55.1 Å². The highest BCUT2D eigenvalue weighted by Gasteiger charge is 2.15. The zero-order valence-electron chi connectivity index (χ0n) is 21.7. The Morgan fingerprint density at radius 1 is 0.816 bits per heavy atom. The van der Waals surface area contributed by atoms with Gasteiger partial charge < -0.3 is 10.6 Å². The van der Waals surface area contributed by atoms with Gasteiger partial charge in [-0.1, -0.05) is 12.5 Å². The molecule has 2 aliphatic heterocycles. The monoisotopic (exact) mass is 509 g/mol. The second-order valence-electron chi connectivity index (χ2n) is 10.4. The number of aromatic nitrogens is 4. The van der Waals surface area contributed by atoms with Gasteiger partial charge in [0.2, 0.25) is 0 Å². The molecule has 5 heterocycles. The van der Waals surface area contributed by atoms with Gasteiger partial charge >= 0.3 is 0 Å². The molecule has 1 aromatic carbocycles. The van der Waals surface area contributed by atoms with E-state index in [1.54, 1.807) is 6.20 Å². The third-order valence-electron chi connectivity index (χ3n) is 7.46. The molecule has 0 amide bonds. The van der Waals surface area contributed by atoms with Crippen molar-refractivity contribution in [3.8, 4) is 11.1 Å². The molecular formula is C29H35N9. The van der Waals surface area contributed by atoms with Crippen LogP contribution in [0.2, 0.25) is 0 Å². The van der Waals surface area contributed by atoms with Gasteiger partial charge in [-0.25, -0.2) is 0 Å². The summed E-state index contributed by atoms with van der Waals surface area (Å²) in [5.41, 5.74) is 6.81. The fraction of sp³-hybridized carbons (Fsp3) is 0.379. The lowest BCUT2D eigenvalue weighted by atomic mass is 10.0. The van der Waals surface area contributed by atoms with Crippen LogP contribution < -0.4 is 10.6 Å². The van der Waals surface area contributed by atoms with Gasteiger partial charge in [0.1, 0.15) is 5.69 Å². The van der Waals surface area contributed by atoms with Gasteiger partial charge in [-0.3, -0.25) is 30.3 Å². The van der Waals surface area contributed by atoms with Crippen LogP contribution in [0.1, 0.15) is 36.1 Å². The average molecular weight is 510 g/mol. The zero-order valence-corrected chi connectivity index (χ0v) is 21.7. The molecule has 4 aromatic rings. The van der Waals surface area contributed by atoms with Crippen molar-refractivity contribution in [2.45, 2.75) is 32.4 Å². The number of rotatable bonds is 7. The van der Waals surface area contributed by atoms with Gasteiger partial charge in [0.05, 0.1) is 17.4 Å². The maximum Gasteiger partial charge on any atom is 0.151 e. The van der Waals surface area contributed by atoms with Crippen LogP contribution in [-0.4, -0.2) is 75.1 Å². The van der Waals surface area contributed by atoms with Gasteiger partial charge in [-0.05, 0) is 66.9 Å². The number of likely N-dealkylation sites (tertiary alicyclic amines) is 1. The number of nitrogens with one attached hydrogen (secondary N) is 4. The van der Waals surface area contributed by atoms with Crippen molar-refractivity contribution in [3.05, 3.63) is 71.9 Å². The normalized spacial score (nSPS) is 17.1. The number of aromatic amines is 1. The van der Waals surface area contributed by atoms with E-state index in [-0.39, 0.29) is 5.84 Å². The van der Waals surface area contributed by atoms with Crippen molar-refractivity contribution >= 4 is 22.4 Å². The average Bonchev–Trinajstić information content (AvgIpc) is 3.38. The summed E-state index contributed by atoms with van der Waals surface area (Å²) < 4.78 is 0. The van der Waals surface area contributed by atoms with Crippen molar-refractivity contribution in [1.82, 2.24) is 35.3 Å². The number of piperazine rings is 1. The van der Waals surface area contributed by atoms with Crippen molar-refractivity contribution in [1.29, 1.82) is 5.41 Å². The molecule has 0 unspecified atom stereocenters. The summed E-state index contributed by atoms with van der Waals surface area (Å²) in [7, 11) is 0. The highest BCUT2D eigenvalue weighted by Crippen LogP contribution is 2.27. The summed E-state index contributed by atoms with van der Waals surface area (Å²) in [5, 5.41) is 23.8. The Morgan fingerprint density at radius 3 is 2.37 bits per heavy atom. The topological polar surface area (TPSA) is 109 Å². The van der Waals surface area contributed by atoms with E-state index >= 15 is 0 Å². The number of hydrogen-bond donors (Lipinski definition) is 4. The lowest BCUT2D eigenvalue weighted by Crippen LogP contribution is -2.42. The maximum atomic E-state index is 8.78. The molecular weight excluding hydrogens is 474 g/mol. The molecule has 0 bridgehead atoms.